The number of hydrogen-bond acceptors (Lipinski definition) is 3. The van der Waals surface area contributed by atoms with Crippen LogP contribution in [0, 0.1) is 0 Å². The van der Waals surface area contributed by atoms with Crippen molar-refractivity contribution in [3.05, 3.63) is 53.0 Å². The van der Waals surface area contributed by atoms with Crippen molar-refractivity contribution in [2.45, 2.75) is 13.1 Å². The van der Waals surface area contributed by atoms with E-state index in [2.05, 4.69) is 15.5 Å². The first-order valence-electron chi connectivity index (χ1n) is 5.69. The molecule has 0 unspecified atom stereocenters. The Morgan fingerprint density at radius 1 is 1.28 bits per heavy atom. The fourth-order valence-electron chi connectivity index (χ4n) is 1.94. The lowest BCUT2D eigenvalue weighted by molar-refractivity contribution is 0.604. The molecule has 5 heteroatoms. The topological polar surface area (TPSA) is 53.9 Å². The van der Waals surface area contributed by atoms with Crippen molar-refractivity contribution >= 4 is 22.6 Å². The first-order valence-corrected chi connectivity index (χ1v) is 6.06. The fourth-order valence-corrected chi connectivity index (χ4v) is 2.19. The molecular formula is C13H12ClN3O. The van der Waals surface area contributed by atoms with E-state index in [9.17, 15) is 0 Å². The van der Waals surface area contributed by atoms with Gasteiger partial charge >= 0.3 is 0 Å². The van der Waals surface area contributed by atoms with Gasteiger partial charge in [0.1, 0.15) is 5.58 Å². The summed E-state index contributed by atoms with van der Waals surface area (Å²) in [5.41, 5.74) is 2.93. The monoisotopic (exact) mass is 261 g/mol. The lowest BCUT2D eigenvalue weighted by atomic mass is 10.2. The molecule has 0 amide bonds. The molecule has 0 fully saturated rings. The molecule has 0 radical (unpaired) electrons. The lowest BCUT2D eigenvalue weighted by Gasteiger charge is -2.01. The Kier molecular flexibility index (Phi) is 3.04. The van der Waals surface area contributed by atoms with Crippen LogP contribution in [0.4, 0.5) is 0 Å². The number of nitrogens with one attached hydrogen (secondary N) is 2. The maximum atomic E-state index is 6.10. The molecule has 0 aliphatic rings. The second-order valence-electron chi connectivity index (χ2n) is 4.06. The molecule has 0 saturated heterocycles. The average molecular weight is 262 g/mol. The number of aromatic amines is 1. The Labute approximate surface area is 109 Å². The third-order valence-corrected chi connectivity index (χ3v) is 3.14. The number of fused-ring (bicyclic) bond motifs is 1. The minimum Gasteiger partial charge on any atom is -0.444 e. The Bertz CT molecular complexity index is 645. The van der Waals surface area contributed by atoms with E-state index in [-0.39, 0.29) is 0 Å². The zero-order valence-electron chi connectivity index (χ0n) is 9.61. The second kappa shape index (κ2) is 4.84. The summed E-state index contributed by atoms with van der Waals surface area (Å²) in [5.74, 6) is 0. The molecule has 4 nitrogen and oxygen atoms in total. The number of nitrogens with zero attached hydrogens (tertiary/aromatic N) is 1. The molecular weight excluding hydrogens is 250 g/mol. The Hall–Kier alpha value is -1.78. The second-order valence-corrected chi connectivity index (χ2v) is 4.40. The summed E-state index contributed by atoms with van der Waals surface area (Å²) in [5, 5.41) is 11.5. The number of furan rings is 1. The maximum Gasteiger partial charge on any atom is 0.199 e. The smallest absolute Gasteiger partial charge is 0.199 e. The number of rotatable bonds is 4. The normalized spacial score (nSPS) is 11.2. The van der Waals surface area contributed by atoms with Crippen LogP contribution in [0.15, 0.2) is 41.1 Å². The zero-order chi connectivity index (χ0) is 12.4. The fraction of sp³-hybridized carbons (Fsp3) is 0.154. The molecule has 2 N–H and O–H groups in total. The first-order chi connectivity index (χ1) is 8.84. The standard InChI is InChI=1S/C13H12ClN3O/c14-13-11(8-15-5-9-6-16-17-7-9)10-3-1-2-4-12(10)18-13/h1-4,6-7,15H,5,8H2,(H,16,17). The number of hydrogen-bond donors (Lipinski definition) is 2. The van der Waals surface area contributed by atoms with Gasteiger partial charge in [-0.3, -0.25) is 5.10 Å². The van der Waals surface area contributed by atoms with Gasteiger partial charge in [-0.2, -0.15) is 5.10 Å². The zero-order valence-corrected chi connectivity index (χ0v) is 10.4. The summed E-state index contributed by atoms with van der Waals surface area (Å²) in [6, 6.07) is 7.85. The molecule has 18 heavy (non-hydrogen) atoms. The maximum absolute atomic E-state index is 6.10. The SMILES string of the molecule is Clc1oc2ccccc2c1CNCc1cn[nH]c1. The summed E-state index contributed by atoms with van der Waals surface area (Å²) in [6.07, 6.45) is 3.66. The lowest BCUT2D eigenvalue weighted by Crippen LogP contribution is -2.12. The molecule has 3 rings (SSSR count). The van der Waals surface area contributed by atoms with Crippen molar-refractivity contribution in [1.29, 1.82) is 0 Å². The molecule has 0 saturated carbocycles. The van der Waals surface area contributed by atoms with Gasteiger partial charge in [0.15, 0.2) is 5.22 Å². The predicted octanol–water partition coefficient (Wildman–Crippen LogP) is 3.10. The van der Waals surface area contributed by atoms with Gasteiger partial charge in [-0.1, -0.05) is 18.2 Å². The predicted molar refractivity (Wildman–Crippen MR) is 70.4 cm³/mol. The van der Waals surface area contributed by atoms with Gasteiger partial charge in [-0.25, -0.2) is 0 Å². The average Bonchev–Trinajstić information content (AvgIpc) is 2.98. The van der Waals surface area contributed by atoms with Crippen molar-refractivity contribution in [3.63, 3.8) is 0 Å². The van der Waals surface area contributed by atoms with Crippen LogP contribution in [-0.4, -0.2) is 10.2 Å². The van der Waals surface area contributed by atoms with E-state index in [0.29, 0.717) is 11.8 Å². The van der Waals surface area contributed by atoms with E-state index in [1.54, 1.807) is 6.20 Å². The summed E-state index contributed by atoms with van der Waals surface area (Å²) in [6.45, 7) is 1.41. The van der Waals surface area contributed by atoms with Crippen LogP contribution in [0.5, 0.6) is 0 Å². The van der Waals surface area contributed by atoms with Gasteiger partial charge in [-0.15, -0.1) is 0 Å². The highest BCUT2D eigenvalue weighted by molar-refractivity contribution is 6.30. The Morgan fingerprint density at radius 3 is 3.00 bits per heavy atom. The molecule has 1 aromatic carbocycles. The van der Waals surface area contributed by atoms with E-state index in [1.165, 1.54) is 0 Å². The van der Waals surface area contributed by atoms with Gasteiger partial charge < -0.3 is 9.73 Å². The highest BCUT2D eigenvalue weighted by atomic mass is 35.5. The summed E-state index contributed by atoms with van der Waals surface area (Å²) in [7, 11) is 0. The quantitative estimate of drug-likeness (QED) is 0.759. The van der Waals surface area contributed by atoms with E-state index >= 15 is 0 Å². The van der Waals surface area contributed by atoms with E-state index in [4.69, 9.17) is 16.0 Å². The van der Waals surface area contributed by atoms with Gasteiger partial charge in [0, 0.05) is 35.8 Å². The summed E-state index contributed by atoms with van der Waals surface area (Å²) < 4.78 is 5.49. The van der Waals surface area contributed by atoms with Crippen LogP contribution in [0.2, 0.25) is 5.22 Å². The molecule has 0 atom stereocenters. The third kappa shape index (κ3) is 2.12. The molecule has 2 aromatic heterocycles. The van der Waals surface area contributed by atoms with Crippen molar-refractivity contribution < 1.29 is 4.42 Å². The Morgan fingerprint density at radius 2 is 2.17 bits per heavy atom. The Balaban J connectivity index is 1.76. The van der Waals surface area contributed by atoms with Crippen LogP contribution in [0.25, 0.3) is 11.0 Å². The molecule has 2 heterocycles. The number of halogens is 1. The van der Waals surface area contributed by atoms with E-state index < -0.39 is 0 Å². The molecule has 0 bridgehead atoms. The van der Waals surface area contributed by atoms with Crippen LogP contribution < -0.4 is 5.32 Å². The molecule has 0 aliphatic carbocycles. The first kappa shape index (κ1) is 11.3. The van der Waals surface area contributed by atoms with E-state index in [0.717, 1.165) is 28.6 Å². The van der Waals surface area contributed by atoms with Crippen LogP contribution in [0.3, 0.4) is 0 Å². The van der Waals surface area contributed by atoms with Gasteiger partial charge in [0.25, 0.3) is 0 Å². The van der Waals surface area contributed by atoms with Gasteiger partial charge in [0.2, 0.25) is 0 Å². The number of para-hydroxylation sites is 1. The number of benzene rings is 1. The van der Waals surface area contributed by atoms with Crippen LogP contribution in [-0.2, 0) is 13.1 Å². The highest BCUT2D eigenvalue weighted by Gasteiger charge is 2.11. The minimum absolute atomic E-state index is 0.455. The van der Waals surface area contributed by atoms with Crippen molar-refractivity contribution in [2.24, 2.45) is 0 Å². The highest BCUT2D eigenvalue weighted by Crippen LogP contribution is 2.29. The molecule has 0 spiro atoms. The molecule has 3 aromatic rings. The van der Waals surface area contributed by atoms with Crippen molar-refractivity contribution in [2.75, 3.05) is 0 Å². The van der Waals surface area contributed by atoms with Crippen LogP contribution >= 0.6 is 11.6 Å². The number of aromatic nitrogens is 2. The largest absolute Gasteiger partial charge is 0.444 e. The van der Waals surface area contributed by atoms with Crippen LogP contribution in [0.1, 0.15) is 11.1 Å². The van der Waals surface area contributed by atoms with Gasteiger partial charge in [-0.05, 0) is 17.7 Å². The molecule has 92 valence electrons. The molecule has 0 aliphatic heterocycles. The van der Waals surface area contributed by atoms with Gasteiger partial charge in [0.05, 0.1) is 6.20 Å². The summed E-state index contributed by atoms with van der Waals surface area (Å²) in [4.78, 5) is 0. The third-order valence-electron chi connectivity index (χ3n) is 2.83. The van der Waals surface area contributed by atoms with E-state index in [1.807, 2.05) is 30.5 Å². The minimum atomic E-state index is 0.455. The van der Waals surface area contributed by atoms with Crippen molar-refractivity contribution in [1.82, 2.24) is 15.5 Å². The van der Waals surface area contributed by atoms with Crippen molar-refractivity contribution in [3.8, 4) is 0 Å². The summed E-state index contributed by atoms with van der Waals surface area (Å²) >= 11 is 6.10. The number of H-pyrrole nitrogens is 1.